The standard InChI is InChI=1S/C28H28Cl4N2O2/c1-3-18(2)33-28(36)26(15-19-8-5-4-6-9-19)34(17-20-12-13-24(31)25(32)14-20)27(35)16-21-22(29)10-7-11-23(21)30/h4-14,18,26H,3,15-17H2,1-2H3,(H,33,36)/t18-,26-/m0/s1. The van der Waals surface area contributed by atoms with Gasteiger partial charge in [0.05, 0.1) is 16.5 Å². The van der Waals surface area contributed by atoms with Gasteiger partial charge in [-0.3, -0.25) is 9.59 Å². The Bertz CT molecular complexity index is 1180. The van der Waals surface area contributed by atoms with Crippen molar-refractivity contribution in [3.05, 3.63) is 104 Å². The number of carbonyl (C=O) groups excluding carboxylic acids is 2. The van der Waals surface area contributed by atoms with Crippen molar-refractivity contribution in [3.63, 3.8) is 0 Å². The van der Waals surface area contributed by atoms with Gasteiger partial charge in [0, 0.05) is 29.1 Å². The molecule has 3 aromatic carbocycles. The summed E-state index contributed by atoms with van der Waals surface area (Å²) in [4.78, 5) is 29.0. The van der Waals surface area contributed by atoms with Crippen LogP contribution < -0.4 is 5.32 Å². The van der Waals surface area contributed by atoms with Gasteiger partial charge in [0.2, 0.25) is 11.8 Å². The molecule has 36 heavy (non-hydrogen) atoms. The number of halogens is 4. The second-order valence-corrected chi connectivity index (χ2v) is 10.3. The van der Waals surface area contributed by atoms with E-state index >= 15 is 0 Å². The Morgan fingerprint density at radius 1 is 0.833 bits per heavy atom. The minimum Gasteiger partial charge on any atom is -0.352 e. The number of benzene rings is 3. The monoisotopic (exact) mass is 564 g/mol. The molecular formula is C28H28Cl4N2O2. The third-order valence-electron chi connectivity index (χ3n) is 6.00. The van der Waals surface area contributed by atoms with Crippen molar-refractivity contribution in [1.82, 2.24) is 10.2 Å². The first-order valence-electron chi connectivity index (χ1n) is 11.7. The molecule has 1 N–H and O–H groups in total. The summed E-state index contributed by atoms with van der Waals surface area (Å²) in [6.07, 6.45) is 1.05. The fourth-order valence-corrected chi connectivity index (χ4v) is 4.64. The number of carbonyl (C=O) groups is 2. The van der Waals surface area contributed by atoms with Crippen molar-refractivity contribution >= 4 is 58.2 Å². The molecule has 0 heterocycles. The summed E-state index contributed by atoms with van der Waals surface area (Å²) in [5, 5.41) is 4.63. The largest absolute Gasteiger partial charge is 0.352 e. The van der Waals surface area contributed by atoms with Crippen LogP contribution in [0.4, 0.5) is 0 Å². The molecule has 4 nitrogen and oxygen atoms in total. The predicted molar refractivity (Wildman–Crippen MR) is 149 cm³/mol. The molecule has 0 unspecified atom stereocenters. The number of nitrogens with one attached hydrogen (secondary N) is 1. The van der Waals surface area contributed by atoms with E-state index < -0.39 is 6.04 Å². The second-order valence-electron chi connectivity index (χ2n) is 8.67. The molecule has 0 saturated heterocycles. The van der Waals surface area contributed by atoms with Gasteiger partial charge in [-0.2, -0.15) is 0 Å². The van der Waals surface area contributed by atoms with Crippen LogP contribution in [-0.4, -0.2) is 28.8 Å². The van der Waals surface area contributed by atoms with Gasteiger partial charge in [-0.1, -0.05) is 95.8 Å². The van der Waals surface area contributed by atoms with Gasteiger partial charge in [0.15, 0.2) is 0 Å². The van der Waals surface area contributed by atoms with Gasteiger partial charge >= 0.3 is 0 Å². The lowest BCUT2D eigenvalue weighted by Gasteiger charge is -2.32. The lowest BCUT2D eigenvalue weighted by Crippen LogP contribution is -2.52. The van der Waals surface area contributed by atoms with E-state index in [4.69, 9.17) is 46.4 Å². The Balaban J connectivity index is 2.03. The number of nitrogens with zero attached hydrogens (tertiary/aromatic N) is 1. The van der Waals surface area contributed by atoms with Crippen LogP contribution in [0.3, 0.4) is 0 Å². The van der Waals surface area contributed by atoms with Gasteiger partial charge in [0.25, 0.3) is 0 Å². The smallest absolute Gasteiger partial charge is 0.243 e. The lowest BCUT2D eigenvalue weighted by molar-refractivity contribution is -0.141. The number of hydrogen-bond donors (Lipinski definition) is 1. The van der Waals surface area contributed by atoms with Gasteiger partial charge < -0.3 is 10.2 Å². The molecule has 3 aromatic rings. The highest BCUT2D eigenvalue weighted by molar-refractivity contribution is 6.42. The van der Waals surface area contributed by atoms with E-state index in [0.717, 1.165) is 17.5 Å². The van der Waals surface area contributed by atoms with Crippen LogP contribution in [0.1, 0.15) is 37.0 Å². The summed E-state index contributed by atoms with van der Waals surface area (Å²) in [6, 6.07) is 19.1. The van der Waals surface area contributed by atoms with Crippen molar-refractivity contribution in [1.29, 1.82) is 0 Å². The zero-order chi connectivity index (χ0) is 26.2. The number of hydrogen-bond acceptors (Lipinski definition) is 2. The molecule has 0 aromatic heterocycles. The van der Waals surface area contributed by atoms with Crippen LogP contribution >= 0.6 is 46.4 Å². The molecule has 0 saturated carbocycles. The second kappa shape index (κ2) is 13.3. The molecule has 2 amide bonds. The first-order valence-corrected chi connectivity index (χ1v) is 13.2. The number of rotatable bonds is 10. The Labute approximate surface area is 232 Å². The third-order valence-corrected chi connectivity index (χ3v) is 7.45. The van der Waals surface area contributed by atoms with Gasteiger partial charge in [0.1, 0.15) is 6.04 Å². The maximum Gasteiger partial charge on any atom is 0.243 e. The van der Waals surface area contributed by atoms with E-state index in [0.29, 0.717) is 32.1 Å². The van der Waals surface area contributed by atoms with Crippen molar-refractivity contribution in [3.8, 4) is 0 Å². The molecule has 0 radical (unpaired) electrons. The summed E-state index contributed by atoms with van der Waals surface area (Å²) in [5.74, 6) is -0.511. The summed E-state index contributed by atoms with van der Waals surface area (Å²) >= 11 is 25.1. The van der Waals surface area contributed by atoms with Gasteiger partial charge in [-0.05, 0) is 54.3 Å². The van der Waals surface area contributed by atoms with Crippen LogP contribution in [0.15, 0.2) is 66.7 Å². The zero-order valence-corrected chi connectivity index (χ0v) is 23.1. The zero-order valence-electron chi connectivity index (χ0n) is 20.1. The molecule has 190 valence electrons. The Kier molecular flexibility index (Phi) is 10.5. The molecular weight excluding hydrogens is 538 g/mol. The van der Waals surface area contributed by atoms with E-state index in [-0.39, 0.29) is 30.8 Å². The van der Waals surface area contributed by atoms with Crippen LogP contribution in [0, 0.1) is 0 Å². The highest BCUT2D eigenvalue weighted by Gasteiger charge is 2.31. The van der Waals surface area contributed by atoms with Crippen LogP contribution in [0.5, 0.6) is 0 Å². The quantitative estimate of drug-likeness (QED) is 0.278. The number of amides is 2. The third kappa shape index (κ3) is 7.63. The minimum absolute atomic E-state index is 0.0456. The molecule has 0 spiro atoms. The fraction of sp³-hybridized carbons (Fsp3) is 0.286. The summed E-state index contributed by atoms with van der Waals surface area (Å²) in [6.45, 7) is 4.09. The van der Waals surface area contributed by atoms with E-state index in [9.17, 15) is 9.59 Å². The Morgan fingerprint density at radius 2 is 1.50 bits per heavy atom. The Morgan fingerprint density at radius 3 is 2.11 bits per heavy atom. The van der Waals surface area contributed by atoms with E-state index in [1.807, 2.05) is 44.2 Å². The van der Waals surface area contributed by atoms with Crippen LogP contribution in [-0.2, 0) is 29.0 Å². The SMILES string of the molecule is CC[C@H](C)NC(=O)[C@H](Cc1ccccc1)N(Cc1ccc(Cl)c(Cl)c1)C(=O)Cc1c(Cl)cccc1Cl. The molecule has 0 aliphatic rings. The summed E-state index contributed by atoms with van der Waals surface area (Å²) in [5.41, 5.74) is 2.20. The average molecular weight is 566 g/mol. The molecule has 0 aliphatic heterocycles. The molecule has 2 atom stereocenters. The van der Waals surface area contributed by atoms with Gasteiger partial charge in [-0.15, -0.1) is 0 Å². The van der Waals surface area contributed by atoms with E-state index in [1.165, 1.54) is 0 Å². The molecule has 8 heteroatoms. The fourth-order valence-electron chi connectivity index (χ4n) is 3.78. The Hall–Kier alpha value is -2.24. The molecule has 0 bridgehead atoms. The van der Waals surface area contributed by atoms with Crippen molar-refractivity contribution in [2.24, 2.45) is 0 Å². The maximum absolute atomic E-state index is 13.8. The minimum atomic E-state index is -0.774. The highest BCUT2D eigenvalue weighted by Crippen LogP contribution is 2.28. The molecule has 3 rings (SSSR count). The maximum atomic E-state index is 13.8. The van der Waals surface area contributed by atoms with Crippen LogP contribution in [0.2, 0.25) is 20.1 Å². The van der Waals surface area contributed by atoms with Crippen molar-refractivity contribution in [2.45, 2.75) is 51.7 Å². The first kappa shape index (κ1) is 28.3. The molecule has 0 fully saturated rings. The summed E-state index contributed by atoms with van der Waals surface area (Å²) < 4.78 is 0. The highest BCUT2D eigenvalue weighted by atomic mass is 35.5. The summed E-state index contributed by atoms with van der Waals surface area (Å²) in [7, 11) is 0. The van der Waals surface area contributed by atoms with E-state index in [2.05, 4.69) is 5.32 Å². The van der Waals surface area contributed by atoms with Gasteiger partial charge in [-0.25, -0.2) is 0 Å². The van der Waals surface area contributed by atoms with Crippen molar-refractivity contribution < 1.29 is 9.59 Å². The first-order chi connectivity index (χ1) is 17.2. The average Bonchev–Trinajstić information content (AvgIpc) is 2.86. The molecule has 0 aliphatic carbocycles. The topological polar surface area (TPSA) is 49.4 Å². The predicted octanol–water partition coefficient (Wildman–Crippen LogP) is 7.40. The van der Waals surface area contributed by atoms with E-state index in [1.54, 1.807) is 41.3 Å². The normalized spacial score (nSPS) is 12.6. The van der Waals surface area contributed by atoms with Crippen molar-refractivity contribution in [2.75, 3.05) is 0 Å². The lowest BCUT2D eigenvalue weighted by atomic mass is 10.0. The van der Waals surface area contributed by atoms with Crippen LogP contribution in [0.25, 0.3) is 0 Å².